The molecule has 0 saturated carbocycles. The number of halogens is 7. The lowest BCUT2D eigenvalue weighted by Gasteiger charge is -2.14. The minimum absolute atomic E-state index is 0.176. The Labute approximate surface area is 127 Å². The van der Waals surface area contributed by atoms with Crippen molar-refractivity contribution in [1.82, 2.24) is 0 Å². The van der Waals surface area contributed by atoms with Crippen LogP contribution in [0, 0.1) is 0 Å². The van der Waals surface area contributed by atoms with Crippen molar-refractivity contribution >= 4 is 11.6 Å². The third kappa shape index (κ3) is 3.55. The first-order valence-corrected chi connectivity index (χ1v) is 6.60. The molecule has 0 heterocycles. The monoisotopic (exact) mass is 338 g/mol. The van der Waals surface area contributed by atoms with Crippen molar-refractivity contribution in [2.24, 2.45) is 0 Å². The van der Waals surface area contributed by atoms with Crippen molar-refractivity contribution in [2.75, 3.05) is 0 Å². The molecule has 2 aromatic carbocycles. The van der Waals surface area contributed by atoms with E-state index in [9.17, 15) is 26.3 Å². The van der Waals surface area contributed by atoms with Gasteiger partial charge in [0, 0.05) is 5.88 Å². The van der Waals surface area contributed by atoms with Crippen molar-refractivity contribution in [3.8, 4) is 11.1 Å². The van der Waals surface area contributed by atoms with E-state index < -0.39 is 23.5 Å². The van der Waals surface area contributed by atoms with E-state index in [2.05, 4.69) is 0 Å². The van der Waals surface area contributed by atoms with Gasteiger partial charge in [0.15, 0.2) is 0 Å². The minimum atomic E-state index is -4.56. The van der Waals surface area contributed by atoms with Crippen molar-refractivity contribution in [1.29, 1.82) is 0 Å². The summed E-state index contributed by atoms with van der Waals surface area (Å²) in [5, 5.41) is 0. The predicted octanol–water partition coefficient (Wildman–Crippen LogP) is 6.13. The van der Waals surface area contributed by atoms with Gasteiger partial charge in [-0.1, -0.05) is 18.2 Å². The van der Waals surface area contributed by atoms with E-state index in [0.717, 1.165) is 30.3 Å². The van der Waals surface area contributed by atoms with Gasteiger partial charge in [0.2, 0.25) is 0 Å². The summed E-state index contributed by atoms with van der Waals surface area (Å²) in [6.45, 7) is 0. The Hall–Kier alpha value is -1.69. The zero-order chi connectivity index (χ0) is 16.5. The topological polar surface area (TPSA) is 0 Å². The highest BCUT2D eigenvalue weighted by atomic mass is 35.5. The number of alkyl halides is 7. The molecular formula is C15H9ClF6. The molecule has 2 aromatic rings. The van der Waals surface area contributed by atoms with E-state index >= 15 is 0 Å². The van der Waals surface area contributed by atoms with Crippen molar-refractivity contribution in [3.63, 3.8) is 0 Å². The molecular weight excluding hydrogens is 330 g/mol. The van der Waals surface area contributed by atoms with Gasteiger partial charge in [-0.2, -0.15) is 26.3 Å². The summed E-state index contributed by atoms with van der Waals surface area (Å²) in [7, 11) is 0. The molecule has 0 radical (unpaired) electrons. The quantitative estimate of drug-likeness (QED) is 0.456. The first-order chi connectivity index (χ1) is 10.1. The Balaban J connectivity index is 2.51. The second-order valence-electron chi connectivity index (χ2n) is 4.58. The molecule has 0 unspecified atom stereocenters. The fraction of sp³-hybridized carbons (Fsp3) is 0.200. The molecule has 0 spiro atoms. The molecule has 0 bridgehead atoms. The second-order valence-corrected chi connectivity index (χ2v) is 4.85. The van der Waals surface area contributed by atoms with Gasteiger partial charge in [0.25, 0.3) is 0 Å². The van der Waals surface area contributed by atoms with E-state index in [0.29, 0.717) is 0 Å². The average molecular weight is 339 g/mol. The fourth-order valence-electron chi connectivity index (χ4n) is 2.04. The summed E-state index contributed by atoms with van der Waals surface area (Å²) in [6.07, 6.45) is -9.08. The van der Waals surface area contributed by atoms with Gasteiger partial charge >= 0.3 is 12.4 Å². The van der Waals surface area contributed by atoms with Gasteiger partial charge < -0.3 is 0 Å². The third-order valence-electron chi connectivity index (χ3n) is 3.08. The molecule has 0 fully saturated rings. The first-order valence-electron chi connectivity index (χ1n) is 6.06. The molecule has 7 heteroatoms. The van der Waals surface area contributed by atoms with Crippen molar-refractivity contribution < 1.29 is 26.3 Å². The molecule has 0 nitrogen and oxygen atoms in total. The van der Waals surface area contributed by atoms with Crippen LogP contribution in [0.4, 0.5) is 26.3 Å². The maximum absolute atomic E-state index is 12.8. The molecule has 0 aliphatic rings. The van der Waals surface area contributed by atoms with Crippen LogP contribution in [0.2, 0.25) is 0 Å². The maximum atomic E-state index is 12.8. The van der Waals surface area contributed by atoms with Crippen LogP contribution in [0.3, 0.4) is 0 Å². The van der Waals surface area contributed by atoms with Crippen LogP contribution in [0.1, 0.15) is 16.7 Å². The lowest BCUT2D eigenvalue weighted by atomic mass is 9.98. The SMILES string of the molecule is FC(F)(F)c1cccc(-c2ccc(C(F)(F)F)c(CCl)c2)c1. The standard InChI is InChI=1S/C15H9ClF6/c16-8-11-6-10(4-5-13(11)15(20,21)22)9-2-1-3-12(7-9)14(17,18)19/h1-7H,8H2. The Bertz CT molecular complexity index is 672. The Morgan fingerprint density at radius 1 is 0.773 bits per heavy atom. The van der Waals surface area contributed by atoms with Gasteiger partial charge in [-0.15, -0.1) is 11.6 Å². The molecule has 0 aliphatic heterocycles. The summed E-state index contributed by atoms with van der Waals surface area (Å²) in [6, 6.07) is 7.51. The normalized spacial score (nSPS) is 12.5. The van der Waals surface area contributed by atoms with Crippen LogP contribution in [0.5, 0.6) is 0 Å². The van der Waals surface area contributed by atoms with Crippen molar-refractivity contribution in [3.05, 3.63) is 59.2 Å². The van der Waals surface area contributed by atoms with Crippen LogP contribution < -0.4 is 0 Å². The summed E-state index contributed by atoms with van der Waals surface area (Å²) in [5.74, 6) is -0.387. The van der Waals surface area contributed by atoms with Crippen LogP contribution in [0.25, 0.3) is 11.1 Å². The largest absolute Gasteiger partial charge is 0.416 e. The molecule has 0 N–H and O–H groups in total. The van der Waals surface area contributed by atoms with Crippen LogP contribution in [-0.4, -0.2) is 0 Å². The van der Waals surface area contributed by atoms with E-state index in [1.807, 2.05) is 0 Å². The number of hydrogen-bond acceptors (Lipinski definition) is 0. The summed E-state index contributed by atoms with van der Waals surface area (Å²) in [4.78, 5) is 0. The summed E-state index contributed by atoms with van der Waals surface area (Å²) >= 11 is 5.52. The maximum Gasteiger partial charge on any atom is 0.416 e. The fourth-order valence-corrected chi connectivity index (χ4v) is 2.26. The molecule has 0 amide bonds. The highest BCUT2D eigenvalue weighted by Gasteiger charge is 2.33. The Morgan fingerprint density at radius 2 is 1.41 bits per heavy atom. The Kier molecular flexibility index (Phi) is 4.42. The lowest BCUT2D eigenvalue weighted by molar-refractivity contribution is -0.138. The smallest absolute Gasteiger partial charge is 0.166 e. The minimum Gasteiger partial charge on any atom is -0.166 e. The second kappa shape index (κ2) is 5.83. The third-order valence-corrected chi connectivity index (χ3v) is 3.37. The number of rotatable bonds is 2. The van der Waals surface area contributed by atoms with E-state index in [1.54, 1.807) is 0 Å². The van der Waals surface area contributed by atoms with E-state index in [-0.39, 0.29) is 22.6 Å². The molecule has 0 aliphatic carbocycles. The van der Waals surface area contributed by atoms with Gasteiger partial charge in [-0.3, -0.25) is 0 Å². The van der Waals surface area contributed by atoms with Crippen LogP contribution in [0.15, 0.2) is 42.5 Å². The van der Waals surface area contributed by atoms with Gasteiger partial charge in [-0.25, -0.2) is 0 Å². The zero-order valence-electron chi connectivity index (χ0n) is 10.9. The highest BCUT2D eigenvalue weighted by molar-refractivity contribution is 6.17. The zero-order valence-corrected chi connectivity index (χ0v) is 11.7. The Morgan fingerprint density at radius 3 is 1.95 bits per heavy atom. The molecule has 2 rings (SSSR count). The highest BCUT2D eigenvalue weighted by Crippen LogP contribution is 2.36. The van der Waals surface area contributed by atoms with Crippen LogP contribution in [-0.2, 0) is 18.2 Å². The van der Waals surface area contributed by atoms with Crippen LogP contribution >= 0.6 is 11.6 Å². The number of benzene rings is 2. The van der Waals surface area contributed by atoms with Gasteiger partial charge in [0.05, 0.1) is 11.1 Å². The molecule has 0 saturated heterocycles. The lowest BCUT2D eigenvalue weighted by Crippen LogP contribution is -2.08. The van der Waals surface area contributed by atoms with Gasteiger partial charge in [0.1, 0.15) is 0 Å². The molecule has 0 atom stereocenters. The van der Waals surface area contributed by atoms with E-state index in [4.69, 9.17) is 11.6 Å². The van der Waals surface area contributed by atoms with E-state index in [1.165, 1.54) is 12.1 Å². The number of hydrogen-bond donors (Lipinski definition) is 0. The average Bonchev–Trinajstić information content (AvgIpc) is 2.45. The predicted molar refractivity (Wildman–Crippen MR) is 71.4 cm³/mol. The summed E-state index contributed by atoms with van der Waals surface area (Å²) in [5.41, 5.74) is -1.51. The van der Waals surface area contributed by atoms with Crippen molar-refractivity contribution in [2.45, 2.75) is 18.2 Å². The molecule has 118 valence electrons. The first kappa shape index (κ1) is 16.7. The summed E-state index contributed by atoms with van der Waals surface area (Å²) < 4.78 is 76.4. The van der Waals surface area contributed by atoms with Gasteiger partial charge in [-0.05, 0) is 41.0 Å². The molecule has 22 heavy (non-hydrogen) atoms. The molecule has 0 aromatic heterocycles.